The summed E-state index contributed by atoms with van der Waals surface area (Å²) in [6.07, 6.45) is 3.40. The van der Waals surface area contributed by atoms with Crippen LogP contribution in [0.4, 0.5) is 0 Å². The molecule has 1 fully saturated rings. The molecular formula is C17H21N3O2S. The van der Waals surface area contributed by atoms with Gasteiger partial charge in [0.15, 0.2) is 0 Å². The molecule has 3 rings (SSSR count). The predicted octanol–water partition coefficient (Wildman–Crippen LogP) is 3.54. The van der Waals surface area contributed by atoms with Crippen LogP contribution in [0.2, 0.25) is 0 Å². The molecule has 0 unspecified atom stereocenters. The molecule has 5 nitrogen and oxygen atoms in total. The largest absolute Gasteiger partial charge is 0.411 e. The quantitative estimate of drug-likeness (QED) is 0.802. The van der Waals surface area contributed by atoms with E-state index in [2.05, 4.69) is 17.1 Å². The van der Waals surface area contributed by atoms with Crippen LogP contribution in [-0.4, -0.2) is 39.3 Å². The molecule has 2 aromatic rings. The molecule has 0 N–H and O–H groups in total. The van der Waals surface area contributed by atoms with Gasteiger partial charge in [0.1, 0.15) is 0 Å². The second-order valence-electron chi connectivity index (χ2n) is 5.96. The second kappa shape index (κ2) is 7.17. The molecular weight excluding hydrogens is 310 g/mol. The van der Waals surface area contributed by atoms with Gasteiger partial charge in [0.2, 0.25) is 11.8 Å². The molecule has 1 amide bonds. The topological polar surface area (TPSA) is 59.2 Å². The van der Waals surface area contributed by atoms with Crippen molar-refractivity contribution in [3.8, 4) is 11.5 Å². The number of likely N-dealkylation sites (tertiary alicyclic amines) is 1. The van der Waals surface area contributed by atoms with Gasteiger partial charge in [-0.25, -0.2) is 0 Å². The zero-order valence-electron chi connectivity index (χ0n) is 13.5. The van der Waals surface area contributed by atoms with Crippen molar-refractivity contribution in [2.24, 2.45) is 0 Å². The minimum atomic E-state index is 0.150. The number of carbonyl (C=O) groups excluding carboxylic acids is 1. The molecule has 0 spiro atoms. The summed E-state index contributed by atoms with van der Waals surface area (Å²) in [5.41, 5.74) is 2.05. The average molecular weight is 331 g/mol. The third-order valence-electron chi connectivity index (χ3n) is 4.11. The summed E-state index contributed by atoms with van der Waals surface area (Å²) in [6.45, 7) is 5.00. The first-order chi connectivity index (χ1) is 11.1. The minimum absolute atomic E-state index is 0.150. The Labute approximate surface area is 140 Å². The van der Waals surface area contributed by atoms with Crippen molar-refractivity contribution in [1.29, 1.82) is 0 Å². The van der Waals surface area contributed by atoms with E-state index in [4.69, 9.17) is 4.42 Å². The molecule has 2 heterocycles. The molecule has 1 aromatic heterocycles. The third-order valence-corrected chi connectivity index (χ3v) is 4.92. The number of benzene rings is 1. The number of aromatic nitrogens is 2. The first-order valence-corrected chi connectivity index (χ1v) is 8.95. The normalized spacial score (nSPS) is 18.2. The molecule has 1 saturated heterocycles. The van der Waals surface area contributed by atoms with Crippen molar-refractivity contribution in [3.05, 3.63) is 29.8 Å². The number of aryl methyl sites for hydroxylation is 1. The molecule has 6 heteroatoms. The van der Waals surface area contributed by atoms with Crippen molar-refractivity contribution >= 4 is 17.7 Å². The molecule has 1 atom stereocenters. The summed E-state index contributed by atoms with van der Waals surface area (Å²) in [5.74, 6) is 0.993. The highest BCUT2D eigenvalue weighted by molar-refractivity contribution is 7.99. The van der Waals surface area contributed by atoms with E-state index in [0.717, 1.165) is 30.5 Å². The van der Waals surface area contributed by atoms with E-state index >= 15 is 0 Å². The van der Waals surface area contributed by atoms with E-state index in [1.807, 2.05) is 36.1 Å². The van der Waals surface area contributed by atoms with Gasteiger partial charge in [-0.1, -0.05) is 29.5 Å². The van der Waals surface area contributed by atoms with Gasteiger partial charge in [-0.15, -0.1) is 10.2 Å². The van der Waals surface area contributed by atoms with E-state index in [-0.39, 0.29) is 5.91 Å². The maximum absolute atomic E-state index is 12.3. The van der Waals surface area contributed by atoms with Crippen LogP contribution in [0.1, 0.15) is 31.7 Å². The van der Waals surface area contributed by atoms with Crippen LogP contribution in [0, 0.1) is 6.92 Å². The molecule has 0 radical (unpaired) electrons. The fourth-order valence-electron chi connectivity index (χ4n) is 2.84. The summed E-state index contributed by atoms with van der Waals surface area (Å²) in [6, 6.07) is 8.26. The summed E-state index contributed by atoms with van der Waals surface area (Å²) in [7, 11) is 0. The van der Waals surface area contributed by atoms with E-state index < -0.39 is 0 Å². The Morgan fingerprint density at radius 1 is 1.39 bits per heavy atom. The maximum Gasteiger partial charge on any atom is 0.277 e. The average Bonchev–Trinajstić information content (AvgIpc) is 3.02. The maximum atomic E-state index is 12.3. The molecule has 0 bridgehead atoms. The van der Waals surface area contributed by atoms with E-state index in [1.165, 1.54) is 18.2 Å². The monoisotopic (exact) mass is 331 g/mol. The van der Waals surface area contributed by atoms with Crippen LogP contribution in [-0.2, 0) is 4.79 Å². The van der Waals surface area contributed by atoms with Gasteiger partial charge in [0.05, 0.1) is 5.75 Å². The van der Waals surface area contributed by atoms with Crippen molar-refractivity contribution in [3.63, 3.8) is 0 Å². The summed E-state index contributed by atoms with van der Waals surface area (Å²) < 4.78 is 5.66. The Hall–Kier alpha value is -1.82. The zero-order chi connectivity index (χ0) is 16.2. The van der Waals surface area contributed by atoms with Gasteiger partial charge >= 0.3 is 0 Å². The summed E-state index contributed by atoms with van der Waals surface area (Å²) in [5, 5.41) is 8.55. The second-order valence-corrected chi connectivity index (χ2v) is 6.89. The number of hydrogen-bond acceptors (Lipinski definition) is 5. The van der Waals surface area contributed by atoms with Crippen molar-refractivity contribution < 1.29 is 9.21 Å². The molecule has 122 valence electrons. The van der Waals surface area contributed by atoms with Gasteiger partial charge in [-0.3, -0.25) is 4.79 Å². The molecule has 23 heavy (non-hydrogen) atoms. The summed E-state index contributed by atoms with van der Waals surface area (Å²) >= 11 is 1.31. The van der Waals surface area contributed by atoms with Crippen molar-refractivity contribution in [2.45, 2.75) is 44.4 Å². The lowest BCUT2D eigenvalue weighted by Crippen LogP contribution is -2.42. The highest BCUT2D eigenvalue weighted by atomic mass is 32.2. The van der Waals surface area contributed by atoms with Crippen LogP contribution < -0.4 is 0 Å². The molecule has 1 aliphatic heterocycles. The van der Waals surface area contributed by atoms with Crippen LogP contribution >= 0.6 is 11.8 Å². The van der Waals surface area contributed by atoms with E-state index in [0.29, 0.717) is 22.9 Å². The van der Waals surface area contributed by atoms with Crippen LogP contribution in [0.15, 0.2) is 33.9 Å². The predicted molar refractivity (Wildman–Crippen MR) is 90.2 cm³/mol. The van der Waals surface area contributed by atoms with Gasteiger partial charge < -0.3 is 9.32 Å². The third kappa shape index (κ3) is 3.93. The lowest BCUT2D eigenvalue weighted by Gasteiger charge is -2.33. The molecule has 1 aliphatic rings. The fraction of sp³-hybridized carbons (Fsp3) is 0.471. The number of thioether (sulfide) groups is 1. The summed E-state index contributed by atoms with van der Waals surface area (Å²) in [4.78, 5) is 14.3. The van der Waals surface area contributed by atoms with E-state index in [9.17, 15) is 4.79 Å². The Morgan fingerprint density at radius 2 is 2.26 bits per heavy atom. The minimum Gasteiger partial charge on any atom is -0.411 e. The lowest BCUT2D eigenvalue weighted by molar-refractivity contribution is -0.131. The Kier molecular flexibility index (Phi) is 5.00. The van der Waals surface area contributed by atoms with Crippen LogP contribution in [0.25, 0.3) is 11.5 Å². The highest BCUT2D eigenvalue weighted by Crippen LogP contribution is 2.25. The lowest BCUT2D eigenvalue weighted by atomic mass is 10.0. The number of piperidine rings is 1. The number of carbonyl (C=O) groups is 1. The first-order valence-electron chi connectivity index (χ1n) is 7.96. The number of amides is 1. The van der Waals surface area contributed by atoms with Gasteiger partial charge in [0.25, 0.3) is 5.22 Å². The number of hydrogen-bond donors (Lipinski definition) is 0. The van der Waals surface area contributed by atoms with Crippen molar-refractivity contribution in [1.82, 2.24) is 15.1 Å². The smallest absolute Gasteiger partial charge is 0.277 e. The standard InChI is InChI=1S/C17H21N3O2S/c1-12-6-5-8-14(10-12)16-18-19-17(22-16)23-11-15(21)20-9-4-3-7-13(20)2/h5-6,8,10,13H,3-4,7,9,11H2,1-2H3/t13-/m1/s1. The van der Waals surface area contributed by atoms with Crippen LogP contribution in [0.5, 0.6) is 0 Å². The fourth-order valence-corrected chi connectivity index (χ4v) is 3.49. The van der Waals surface area contributed by atoms with Gasteiger partial charge in [-0.05, 0) is 45.2 Å². The van der Waals surface area contributed by atoms with E-state index in [1.54, 1.807) is 0 Å². The SMILES string of the molecule is Cc1cccc(-c2nnc(SCC(=O)N3CCCC[C@H]3C)o2)c1. The first kappa shape index (κ1) is 16.1. The molecule has 0 saturated carbocycles. The van der Waals surface area contributed by atoms with Gasteiger partial charge in [-0.2, -0.15) is 0 Å². The van der Waals surface area contributed by atoms with Crippen molar-refractivity contribution in [2.75, 3.05) is 12.3 Å². The Balaban J connectivity index is 1.60. The molecule has 1 aromatic carbocycles. The van der Waals surface area contributed by atoms with Crippen LogP contribution in [0.3, 0.4) is 0 Å². The number of rotatable bonds is 4. The number of nitrogens with zero attached hydrogens (tertiary/aromatic N) is 3. The Morgan fingerprint density at radius 3 is 3.04 bits per heavy atom. The highest BCUT2D eigenvalue weighted by Gasteiger charge is 2.23. The van der Waals surface area contributed by atoms with Gasteiger partial charge in [0, 0.05) is 18.2 Å². The molecule has 0 aliphatic carbocycles. The zero-order valence-corrected chi connectivity index (χ0v) is 14.3. The Bertz CT molecular complexity index is 686.